The van der Waals surface area contributed by atoms with Crippen LogP contribution in [0.3, 0.4) is 0 Å². The van der Waals surface area contributed by atoms with Gasteiger partial charge in [0.05, 0.1) is 31.3 Å². The number of amides is 2. The first-order chi connectivity index (χ1) is 12.5. The van der Waals surface area contributed by atoms with Crippen LogP contribution in [0.2, 0.25) is 0 Å². The summed E-state index contributed by atoms with van der Waals surface area (Å²) >= 11 is 0. The zero-order valence-electron chi connectivity index (χ0n) is 14.6. The predicted molar refractivity (Wildman–Crippen MR) is 98.9 cm³/mol. The molecule has 2 aromatic carbocycles. The van der Waals surface area contributed by atoms with Crippen molar-refractivity contribution < 1.29 is 14.3 Å². The Morgan fingerprint density at radius 1 is 1.19 bits per heavy atom. The molecular weight excluding hydrogens is 332 g/mol. The number of fused-ring (bicyclic) bond motifs is 1. The van der Waals surface area contributed by atoms with E-state index in [9.17, 15) is 9.59 Å². The standard InChI is InChI=1S/C19H20N4O3/c1-12(24)21-18(13-3-6-16(26-2)7-4-13)10-19(25)22-15-5-8-17-14(9-15)11-20-23-17/h3-9,11,18H,10H2,1-2H3,(H,20,23)(H,21,24)(H,22,25). The van der Waals surface area contributed by atoms with Gasteiger partial charge < -0.3 is 15.4 Å². The molecule has 1 unspecified atom stereocenters. The van der Waals surface area contributed by atoms with E-state index in [1.54, 1.807) is 31.5 Å². The molecule has 3 rings (SSSR count). The molecule has 0 aliphatic carbocycles. The van der Waals surface area contributed by atoms with Crippen molar-refractivity contribution in [3.05, 3.63) is 54.2 Å². The molecule has 0 aliphatic heterocycles. The second kappa shape index (κ2) is 7.69. The summed E-state index contributed by atoms with van der Waals surface area (Å²) in [6.07, 6.45) is 1.82. The Kier molecular flexibility index (Phi) is 5.17. The van der Waals surface area contributed by atoms with Crippen molar-refractivity contribution in [1.29, 1.82) is 0 Å². The number of benzene rings is 2. The molecule has 1 atom stereocenters. The predicted octanol–water partition coefficient (Wildman–Crippen LogP) is 2.78. The van der Waals surface area contributed by atoms with Gasteiger partial charge in [-0.15, -0.1) is 0 Å². The Labute approximate surface area is 150 Å². The summed E-state index contributed by atoms with van der Waals surface area (Å²) in [4.78, 5) is 24.0. The van der Waals surface area contributed by atoms with Crippen molar-refractivity contribution in [1.82, 2.24) is 15.5 Å². The quantitative estimate of drug-likeness (QED) is 0.635. The zero-order valence-corrected chi connectivity index (χ0v) is 14.6. The molecule has 0 fully saturated rings. The highest BCUT2D eigenvalue weighted by atomic mass is 16.5. The summed E-state index contributed by atoms with van der Waals surface area (Å²) in [6, 6.07) is 12.4. The number of methoxy groups -OCH3 is 1. The lowest BCUT2D eigenvalue weighted by Crippen LogP contribution is -2.29. The molecule has 0 radical (unpaired) electrons. The van der Waals surface area contributed by atoms with E-state index in [0.29, 0.717) is 11.4 Å². The van der Waals surface area contributed by atoms with Crippen molar-refractivity contribution in [3.63, 3.8) is 0 Å². The number of aromatic nitrogens is 2. The molecular formula is C19H20N4O3. The molecule has 0 bridgehead atoms. The molecule has 3 N–H and O–H groups in total. The van der Waals surface area contributed by atoms with Crippen LogP contribution in [0, 0.1) is 0 Å². The van der Waals surface area contributed by atoms with Gasteiger partial charge in [0.25, 0.3) is 0 Å². The lowest BCUT2D eigenvalue weighted by Gasteiger charge is -2.18. The third-order valence-electron chi connectivity index (χ3n) is 4.01. The van der Waals surface area contributed by atoms with E-state index in [1.807, 2.05) is 24.3 Å². The Morgan fingerprint density at radius 2 is 1.96 bits per heavy atom. The van der Waals surface area contributed by atoms with Crippen LogP contribution in [-0.4, -0.2) is 29.1 Å². The maximum Gasteiger partial charge on any atom is 0.226 e. The molecule has 2 amide bonds. The summed E-state index contributed by atoms with van der Waals surface area (Å²) in [5.74, 6) is 0.328. The molecule has 134 valence electrons. The number of hydrogen-bond acceptors (Lipinski definition) is 4. The number of aromatic amines is 1. The first kappa shape index (κ1) is 17.5. The highest BCUT2D eigenvalue weighted by molar-refractivity contribution is 5.94. The lowest BCUT2D eigenvalue weighted by molar-refractivity contribution is -0.120. The Morgan fingerprint density at radius 3 is 2.65 bits per heavy atom. The van der Waals surface area contributed by atoms with Crippen molar-refractivity contribution in [2.45, 2.75) is 19.4 Å². The van der Waals surface area contributed by atoms with E-state index < -0.39 is 6.04 Å². The van der Waals surface area contributed by atoms with Crippen LogP contribution < -0.4 is 15.4 Å². The van der Waals surface area contributed by atoms with E-state index in [1.165, 1.54) is 6.92 Å². The first-order valence-electron chi connectivity index (χ1n) is 8.19. The van der Waals surface area contributed by atoms with Crippen LogP contribution in [0.25, 0.3) is 10.9 Å². The minimum absolute atomic E-state index is 0.120. The van der Waals surface area contributed by atoms with Gasteiger partial charge in [0, 0.05) is 18.0 Å². The number of nitrogens with zero attached hydrogens (tertiary/aromatic N) is 1. The third-order valence-corrected chi connectivity index (χ3v) is 4.01. The molecule has 3 aromatic rings. The minimum atomic E-state index is -0.420. The van der Waals surface area contributed by atoms with Gasteiger partial charge in [-0.05, 0) is 35.9 Å². The molecule has 1 aromatic heterocycles. The maximum absolute atomic E-state index is 12.5. The Balaban J connectivity index is 1.72. The van der Waals surface area contributed by atoms with E-state index in [4.69, 9.17) is 4.74 Å². The molecule has 0 saturated heterocycles. The van der Waals surface area contributed by atoms with E-state index in [-0.39, 0.29) is 18.2 Å². The summed E-state index contributed by atoms with van der Waals surface area (Å²) in [5.41, 5.74) is 2.42. The second-order valence-corrected chi connectivity index (χ2v) is 5.95. The average molecular weight is 352 g/mol. The molecule has 0 aliphatic rings. The summed E-state index contributed by atoms with van der Waals surface area (Å²) in [6.45, 7) is 1.43. The van der Waals surface area contributed by atoms with E-state index in [2.05, 4.69) is 20.8 Å². The van der Waals surface area contributed by atoms with Crippen LogP contribution in [0.5, 0.6) is 5.75 Å². The smallest absolute Gasteiger partial charge is 0.226 e. The topological polar surface area (TPSA) is 96.1 Å². The van der Waals surface area contributed by atoms with Crippen molar-refractivity contribution in [2.75, 3.05) is 12.4 Å². The molecule has 26 heavy (non-hydrogen) atoms. The number of carbonyl (C=O) groups is 2. The van der Waals surface area contributed by atoms with Gasteiger partial charge in [0.1, 0.15) is 5.75 Å². The zero-order chi connectivity index (χ0) is 18.5. The summed E-state index contributed by atoms with van der Waals surface area (Å²) in [7, 11) is 1.59. The van der Waals surface area contributed by atoms with E-state index >= 15 is 0 Å². The van der Waals surface area contributed by atoms with Crippen LogP contribution in [0.4, 0.5) is 5.69 Å². The number of rotatable bonds is 6. The normalized spacial score (nSPS) is 11.8. The Bertz CT molecular complexity index is 918. The third kappa shape index (κ3) is 4.18. The number of hydrogen-bond donors (Lipinski definition) is 3. The molecule has 7 nitrogen and oxygen atoms in total. The van der Waals surface area contributed by atoms with Gasteiger partial charge in [0.2, 0.25) is 11.8 Å². The van der Waals surface area contributed by atoms with Gasteiger partial charge in [-0.1, -0.05) is 12.1 Å². The largest absolute Gasteiger partial charge is 0.497 e. The number of H-pyrrole nitrogens is 1. The fourth-order valence-electron chi connectivity index (χ4n) is 2.75. The van der Waals surface area contributed by atoms with Crippen molar-refractivity contribution in [3.8, 4) is 5.75 Å². The fourth-order valence-corrected chi connectivity index (χ4v) is 2.75. The highest BCUT2D eigenvalue weighted by Crippen LogP contribution is 2.22. The van der Waals surface area contributed by atoms with Crippen LogP contribution in [-0.2, 0) is 9.59 Å². The average Bonchev–Trinajstić information content (AvgIpc) is 3.08. The number of anilines is 1. The molecule has 0 spiro atoms. The highest BCUT2D eigenvalue weighted by Gasteiger charge is 2.17. The van der Waals surface area contributed by atoms with Crippen LogP contribution >= 0.6 is 0 Å². The van der Waals surface area contributed by atoms with Crippen molar-refractivity contribution >= 4 is 28.4 Å². The van der Waals surface area contributed by atoms with Crippen molar-refractivity contribution in [2.24, 2.45) is 0 Å². The van der Waals surface area contributed by atoms with Crippen LogP contribution in [0.15, 0.2) is 48.7 Å². The number of ether oxygens (including phenoxy) is 1. The SMILES string of the molecule is COc1ccc(C(CC(=O)Nc2ccc3[nH]ncc3c2)NC(C)=O)cc1. The monoisotopic (exact) mass is 352 g/mol. The van der Waals surface area contributed by atoms with E-state index in [0.717, 1.165) is 16.5 Å². The maximum atomic E-state index is 12.5. The molecule has 1 heterocycles. The van der Waals surface area contributed by atoms with Gasteiger partial charge in [-0.3, -0.25) is 14.7 Å². The Hall–Kier alpha value is -3.35. The fraction of sp³-hybridized carbons (Fsp3) is 0.211. The van der Waals surface area contributed by atoms with Crippen LogP contribution in [0.1, 0.15) is 24.9 Å². The summed E-state index contributed by atoms with van der Waals surface area (Å²) in [5, 5.41) is 13.4. The minimum Gasteiger partial charge on any atom is -0.497 e. The van der Waals surface area contributed by atoms with Gasteiger partial charge in [-0.25, -0.2) is 0 Å². The summed E-state index contributed by atoms with van der Waals surface area (Å²) < 4.78 is 5.14. The number of nitrogens with one attached hydrogen (secondary N) is 3. The molecule has 7 heteroatoms. The second-order valence-electron chi connectivity index (χ2n) is 5.95. The lowest BCUT2D eigenvalue weighted by atomic mass is 10.0. The first-order valence-corrected chi connectivity index (χ1v) is 8.19. The number of carbonyl (C=O) groups excluding carboxylic acids is 2. The molecule has 0 saturated carbocycles. The van der Waals surface area contributed by atoms with Gasteiger partial charge in [-0.2, -0.15) is 5.10 Å². The van der Waals surface area contributed by atoms with Gasteiger partial charge in [0.15, 0.2) is 0 Å². The van der Waals surface area contributed by atoms with Gasteiger partial charge >= 0.3 is 0 Å².